The van der Waals surface area contributed by atoms with E-state index in [0.29, 0.717) is 5.69 Å². The second-order valence-electron chi connectivity index (χ2n) is 6.85. The minimum Gasteiger partial charge on any atom is -0.444 e. The van der Waals surface area contributed by atoms with E-state index in [1.165, 1.54) is 0 Å². The minimum atomic E-state index is -0.508. The van der Waals surface area contributed by atoms with Crippen molar-refractivity contribution in [2.45, 2.75) is 52.2 Å². The summed E-state index contributed by atoms with van der Waals surface area (Å²) in [4.78, 5) is 11.8. The van der Waals surface area contributed by atoms with Crippen LogP contribution in [-0.4, -0.2) is 30.9 Å². The van der Waals surface area contributed by atoms with Gasteiger partial charge in [0.15, 0.2) is 0 Å². The predicted octanol–water partition coefficient (Wildman–Crippen LogP) is 4.26. The molecule has 0 saturated carbocycles. The fraction of sp³-hybridized carbons (Fsp3) is 0.588. The van der Waals surface area contributed by atoms with Gasteiger partial charge in [0.25, 0.3) is 0 Å². The maximum atomic E-state index is 11.8. The molecule has 5 nitrogen and oxygen atoms in total. The van der Waals surface area contributed by atoms with Crippen LogP contribution >= 0.6 is 0 Å². The molecule has 0 aliphatic carbocycles. The lowest BCUT2D eigenvalue weighted by atomic mass is 10.1. The Labute approximate surface area is 133 Å². The van der Waals surface area contributed by atoms with E-state index in [-0.39, 0.29) is 5.60 Å². The Hall–Kier alpha value is -1.75. The molecule has 1 aromatic rings. The van der Waals surface area contributed by atoms with Crippen LogP contribution in [0.1, 0.15) is 41.0 Å². The van der Waals surface area contributed by atoms with Gasteiger partial charge in [-0.2, -0.15) is 0 Å². The van der Waals surface area contributed by atoms with Gasteiger partial charge in [0.1, 0.15) is 5.60 Å². The van der Waals surface area contributed by atoms with E-state index in [4.69, 9.17) is 9.47 Å². The van der Waals surface area contributed by atoms with Crippen LogP contribution in [0.5, 0.6) is 0 Å². The van der Waals surface area contributed by atoms with Crippen molar-refractivity contribution in [3.05, 3.63) is 24.3 Å². The van der Waals surface area contributed by atoms with Crippen LogP contribution in [0, 0.1) is 0 Å². The number of amides is 1. The SMILES string of the molecule is COC(C)(C)CCNc1cccc(NC(=O)OC(C)(C)C)c1. The number of ether oxygens (including phenoxy) is 2. The Morgan fingerprint density at radius 2 is 1.77 bits per heavy atom. The summed E-state index contributed by atoms with van der Waals surface area (Å²) in [6.07, 6.45) is 0.429. The van der Waals surface area contributed by atoms with Gasteiger partial charge in [-0.3, -0.25) is 5.32 Å². The summed E-state index contributed by atoms with van der Waals surface area (Å²) in [6, 6.07) is 7.55. The molecule has 22 heavy (non-hydrogen) atoms. The topological polar surface area (TPSA) is 59.6 Å². The monoisotopic (exact) mass is 308 g/mol. The molecule has 1 amide bonds. The quantitative estimate of drug-likeness (QED) is 0.824. The zero-order valence-corrected chi connectivity index (χ0v) is 14.4. The zero-order chi connectivity index (χ0) is 16.8. The molecule has 1 rings (SSSR count). The normalized spacial score (nSPS) is 11.9. The minimum absolute atomic E-state index is 0.153. The molecule has 0 unspecified atom stereocenters. The van der Waals surface area contributed by atoms with E-state index in [1.54, 1.807) is 7.11 Å². The highest BCUT2D eigenvalue weighted by molar-refractivity contribution is 5.85. The summed E-state index contributed by atoms with van der Waals surface area (Å²) in [5.41, 5.74) is 0.983. The maximum Gasteiger partial charge on any atom is 0.412 e. The van der Waals surface area contributed by atoms with Crippen LogP contribution in [-0.2, 0) is 9.47 Å². The van der Waals surface area contributed by atoms with Gasteiger partial charge < -0.3 is 14.8 Å². The number of hydrogen-bond donors (Lipinski definition) is 2. The van der Waals surface area contributed by atoms with Crippen molar-refractivity contribution in [2.24, 2.45) is 0 Å². The van der Waals surface area contributed by atoms with Gasteiger partial charge >= 0.3 is 6.09 Å². The van der Waals surface area contributed by atoms with E-state index in [1.807, 2.05) is 45.0 Å². The molecule has 0 aliphatic heterocycles. The smallest absolute Gasteiger partial charge is 0.412 e. The van der Waals surface area contributed by atoms with Crippen molar-refractivity contribution >= 4 is 17.5 Å². The predicted molar refractivity (Wildman–Crippen MR) is 90.5 cm³/mol. The summed E-state index contributed by atoms with van der Waals surface area (Å²) in [7, 11) is 1.71. The third-order valence-corrected chi connectivity index (χ3v) is 3.12. The molecular formula is C17H28N2O3. The summed E-state index contributed by atoms with van der Waals surface area (Å²) in [5.74, 6) is 0. The summed E-state index contributed by atoms with van der Waals surface area (Å²) >= 11 is 0. The van der Waals surface area contributed by atoms with Crippen molar-refractivity contribution in [3.8, 4) is 0 Å². The van der Waals surface area contributed by atoms with Gasteiger partial charge in [-0.1, -0.05) is 6.07 Å². The van der Waals surface area contributed by atoms with Gasteiger partial charge in [-0.05, 0) is 59.2 Å². The molecule has 0 heterocycles. The lowest BCUT2D eigenvalue weighted by Crippen LogP contribution is -2.27. The molecule has 0 aromatic heterocycles. The van der Waals surface area contributed by atoms with E-state index in [9.17, 15) is 4.79 Å². The van der Waals surface area contributed by atoms with Crippen LogP contribution in [0.2, 0.25) is 0 Å². The summed E-state index contributed by atoms with van der Waals surface area (Å²) < 4.78 is 10.6. The van der Waals surface area contributed by atoms with Crippen LogP contribution in [0.3, 0.4) is 0 Å². The summed E-state index contributed by atoms with van der Waals surface area (Å²) in [6.45, 7) is 10.4. The number of carbonyl (C=O) groups is 1. The molecule has 0 atom stereocenters. The Kier molecular flexibility index (Phi) is 6.23. The second kappa shape index (κ2) is 7.49. The number of nitrogens with one attached hydrogen (secondary N) is 2. The Morgan fingerprint density at radius 1 is 1.14 bits per heavy atom. The van der Waals surface area contributed by atoms with E-state index >= 15 is 0 Å². The molecule has 0 saturated heterocycles. The van der Waals surface area contributed by atoms with E-state index < -0.39 is 11.7 Å². The highest BCUT2D eigenvalue weighted by atomic mass is 16.6. The highest BCUT2D eigenvalue weighted by Crippen LogP contribution is 2.18. The summed E-state index contributed by atoms with van der Waals surface area (Å²) in [5, 5.41) is 6.06. The van der Waals surface area contributed by atoms with Crippen LogP contribution in [0.15, 0.2) is 24.3 Å². The molecule has 124 valence electrons. The fourth-order valence-corrected chi connectivity index (χ4v) is 1.74. The maximum absolute atomic E-state index is 11.8. The first-order valence-electron chi connectivity index (χ1n) is 7.50. The Bertz CT molecular complexity index is 493. The van der Waals surface area contributed by atoms with Crippen LogP contribution in [0.25, 0.3) is 0 Å². The number of hydrogen-bond acceptors (Lipinski definition) is 4. The number of methoxy groups -OCH3 is 1. The fourth-order valence-electron chi connectivity index (χ4n) is 1.74. The van der Waals surface area contributed by atoms with Gasteiger partial charge in [-0.25, -0.2) is 4.79 Å². The molecule has 0 fully saturated rings. The van der Waals surface area contributed by atoms with E-state index in [0.717, 1.165) is 18.7 Å². The molecule has 0 bridgehead atoms. The third kappa shape index (κ3) is 7.31. The highest BCUT2D eigenvalue weighted by Gasteiger charge is 2.17. The lowest BCUT2D eigenvalue weighted by Gasteiger charge is -2.23. The molecule has 1 aromatic carbocycles. The molecular weight excluding hydrogens is 280 g/mol. The van der Waals surface area contributed by atoms with Crippen molar-refractivity contribution in [1.29, 1.82) is 0 Å². The Morgan fingerprint density at radius 3 is 2.36 bits per heavy atom. The van der Waals surface area contributed by atoms with Gasteiger partial charge in [-0.15, -0.1) is 0 Å². The van der Waals surface area contributed by atoms with Gasteiger partial charge in [0, 0.05) is 25.0 Å². The molecule has 5 heteroatoms. The van der Waals surface area contributed by atoms with Crippen molar-refractivity contribution in [3.63, 3.8) is 0 Å². The first kappa shape index (κ1) is 18.3. The lowest BCUT2D eigenvalue weighted by molar-refractivity contribution is 0.0185. The molecule has 2 N–H and O–H groups in total. The number of benzene rings is 1. The first-order valence-corrected chi connectivity index (χ1v) is 7.50. The van der Waals surface area contributed by atoms with Crippen molar-refractivity contribution in [1.82, 2.24) is 0 Å². The average Bonchev–Trinajstić information content (AvgIpc) is 2.36. The molecule has 0 spiro atoms. The van der Waals surface area contributed by atoms with Crippen molar-refractivity contribution < 1.29 is 14.3 Å². The molecule has 0 aliphatic rings. The van der Waals surface area contributed by atoms with Gasteiger partial charge in [0.2, 0.25) is 0 Å². The van der Waals surface area contributed by atoms with Crippen molar-refractivity contribution in [2.75, 3.05) is 24.3 Å². The standard InChI is InChI=1S/C17H28N2O3/c1-16(2,3)22-15(20)19-14-9-7-8-13(12-14)18-11-10-17(4,5)21-6/h7-9,12,18H,10-11H2,1-6H3,(H,19,20). The second-order valence-corrected chi connectivity index (χ2v) is 6.85. The average molecular weight is 308 g/mol. The number of carbonyl (C=O) groups excluding carboxylic acids is 1. The number of anilines is 2. The largest absolute Gasteiger partial charge is 0.444 e. The Balaban J connectivity index is 2.54. The van der Waals surface area contributed by atoms with E-state index in [2.05, 4.69) is 24.5 Å². The van der Waals surface area contributed by atoms with Crippen LogP contribution < -0.4 is 10.6 Å². The molecule has 0 radical (unpaired) electrons. The first-order chi connectivity index (χ1) is 10.1. The number of rotatable bonds is 6. The third-order valence-electron chi connectivity index (χ3n) is 3.12. The van der Waals surface area contributed by atoms with Crippen LogP contribution in [0.4, 0.5) is 16.2 Å². The zero-order valence-electron chi connectivity index (χ0n) is 14.4. The van der Waals surface area contributed by atoms with Gasteiger partial charge in [0.05, 0.1) is 5.60 Å².